The lowest BCUT2D eigenvalue weighted by atomic mass is 9.97. The van der Waals surface area contributed by atoms with Crippen LogP contribution < -0.4 is 5.56 Å². The van der Waals surface area contributed by atoms with E-state index in [0.29, 0.717) is 43.9 Å². The zero-order valence-corrected chi connectivity index (χ0v) is 19.1. The summed E-state index contributed by atoms with van der Waals surface area (Å²) < 4.78 is 41.9. The predicted octanol–water partition coefficient (Wildman–Crippen LogP) is 2.41. The Kier molecular flexibility index (Phi) is 5.96. The fourth-order valence-corrected chi connectivity index (χ4v) is 5.79. The van der Waals surface area contributed by atoms with Gasteiger partial charge in [-0.1, -0.05) is 47.7 Å². The van der Waals surface area contributed by atoms with Gasteiger partial charge in [0.05, 0.1) is 12.3 Å². The molecule has 34 heavy (non-hydrogen) atoms. The topological polar surface area (TPSA) is 114 Å². The number of aromatic nitrogens is 5. The van der Waals surface area contributed by atoms with E-state index in [4.69, 9.17) is 0 Å². The molecular weight excluding hydrogens is 459 g/mol. The Morgan fingerprint density at radius 1 is 1.00 bits per heavy atom. The number of rotatable bonds is 6. The molecule has 176 valence electrons. The summed E-state index contributed by atoms with van der Waals surface area (Å²) in [4.78, 5) is 20.0. The molecule has 0 spiro atoms. The summed E-state index contributed by atoms with van der Waals surface area (Å²) in [6.45, 7) is 1.01. The first-order valence-corrected chi connectivity index (χ1v) is 12.6. The fourth-order valence-electron chi connectivity index (χ4n) is 4.23. The van der Waals surface area contributed by atoms with Crippen molar-refractivity contribution in [1.29, 1.82) is 0 Å². The van der Waals surface area contributed by atoms with Crippen molar-refractivity contribution in [3.63, 3.8) is 0 Å². The third kappa shape index (κ3) is 4.62. The van der Waals surface area contributed by atoms with Crippen molar-refractivity contribution in [3.05, 3.63) is 87.7 Å². The maximum absolute atomic E-state index is 13.2. The number of benzene rings is 2. The zero-order chi connectivity index (χ0) is 23.7. The van der Waals surface area contributed by atoms with E-state index < -0.39 is 10.0 Å². The second kappa shape index (κ2) is 9.07. The molecule has 1 fully saturated rings. The van der Waals surface area contributed by atoms with Gasteiger partial charge in [-0.15, -0.1) is 5.10 Å². The van der Waals surface area contributed by atoms with Crippen LogP contribution in [0.15, 0.2) is 59.4 Å². The lowest BCUT2D eigenvalue weighted by Crippen LogP contribution is -2.39. The number of nitrogens with one attached hydrogen (secondary N) is 1. The van der Waals surface area contributed by atoms with Crippen molar-refractivity contribution in [2.45, 2.75) is 31.1 Å². The van der Waals surface area contributed by atoms with Crippen LogP contribution in [0.5, 0.6) is 0 Å². The maximum Gasteiger partial charge on any atom is 0.281 e. The smallest absolute Gasteiger partial charge is 0.281 e. The van der Waals surface area contributed by atoms with Gasteiger partial charge >= 0.3 is 0 Å². The summed E-state index contributed by atoms with van der Waals surface area (Å²) in [5.41, 5.74) is 1.65. The summed E-state index contributed by atoms with van der Waals surface area (Å²) >= 11 is 0. The highest BCUT2D eigenvalue weighted by molar-refractivity contribution is 7.88. The van der Waals surface area contributed by atoms with Gasteiger partial charge in [-0.05, 0) is 36.1 Å². The number of sulfonamides is 1. The van der Waals surface area contributed by atoms with E-state index in [0.717, 1.165) is 11.1 Å². The number of nitrogens with zero attached hydrogens (tertiary/aromatic N) is 5. The van der Waals surface area contributed by atoms with Crippen LogP contribution in [0.1, 0.15) is 35.7 Å². The van der Waals surface area contributed by atoms with E-state index in [1.54, 1.807) is 24.3 Å². The molecule has 1 N–H and O–H groups in total. The highest BCUT2D eigenvalue weighted by Crippen LogP contribution is 2.28. The van der Waals surface area contributed by atoms with Gasteiger partial charge in [0.25, 0.3) is 5.56 Å². The van der Waals surface area contributed by atoms with E-state index in [9.17, 15) is 17.6 Å². The molecule has 0 radical (unpaired) electrons. The van der Waals surface area contributed by atoms with Gasteiger partial charge in [0.15, 0.2) is 11.2 Å². The molecule has 1 aliphatic heterocycles. The Morgan fingerprint density at radius 3 is 2.41 bits per heavy atom. The van der Waals surface area contributed by atoms with Crippen LogP contribution in [0, 0.1) is 5.82 Å². The lowest BCUT2D eigenvalue weighted by Gasteiger charge is -2.30. The summed E-state index contributed by atoms with van der Waals surface area (Å²) in [6.07, 6.45) is 1.09. The van der Waals surface area contributed by atoms with Gasteiger partial charge < -0.3 is 4.98 Å². The Morgan fingerprint density at radius 2 is 1.71 bits per heavy atom. The minimum atomic E-state index is -3.43. The number of H-pyrrole nitrogens is 1. The molecule has 2 aromatic carbocycles. The minimum absolute atomic E-state index is 0.0339. The standard InChI is InChI=1S/C23H23FN6O3S/c24-19-8-6-16(7-9-19)14-30-22-20(27-28-30)23(31)26-21(25-22)18-10-12-29(13-11-18)34(32,33)15-17-4-2-1-3-5-17/h1-9,18H,10-15H2,(H,25,26,31). The first-order valence-electron chi connectivity index (χ1n) is 11.0. The van der Waals surface area contributed by atoms with E-state index in [-0.39, 0.29) is 28.6 Å². The van der Waals surface area contributed by atoms with Crippen LogP contribution in [0.3, 0.4) is 0 Å². The average Bonchev–Trinajstić information content (AvgIpc) is 3.24. The SMILES string of the molecule is O=c1[nH]c(C2CCN(S(=O)(=O)Cc3ccccc3)CC2)nc2c1nnn2Cc1ccc(F)cc1. The predicted molar refractivity (Wildman–Crippen MR) is 124 cm³/mol. The number of piperidine rings is 1. The monoisotopic (exact) mass is 482 g/mol. The number of hydrogen-bond acceptors (Lipinski definition) is 6. The van der Waals surface area contributed by atoms with Gasteiger partial charge in [0.1, 0.15) is 11.6 Å². The Bertz CT molecular complexity index is 1460. The molecule has 5 rings (SSSR count). The third-order valence-corrected chi connectivity index (χ3v) is 7.91. The molecule has 0 bridgehead atoms. The lowest BCUT2D eigenvalue weighted by molar-refractivity contribution is 0.313. The van der Waals surface area contributed by atoms with Crippen molar-refractivity contribution >= 4 is 21.2 Å². The molecule has 4 aromatic rings. The summed E-state index contributed by atoms with van der Waals surface area (Å²) in [7, 11) is -3.43. The molecule has 1 aliphatic rings. The first-order chi connectivity index (χ1) is 16.4. The van der Waals surface area contributed by atoms with Gasteiger partial charge in [0.2, 0.25) is 10.0 Å². The second-order valence-corrected chi connectivity index (χ2v) is 10.4. The van der Waals surface area contributed by atoms with Crippen LogP contribution >= 0.6 is 0 Å². The molecular formula is C23H23FN6O3S. The number of aromatic amines is 1. The van der Waals surface area contributed by atoms with Crippen molar-refractivity contribution in [2.24, 2.45) is 0 Å². The molecule has 0 saturated carbocycles. The molecule has 0 aliphatic carbocycles. The second-order valence-electron chi connectivity index (χ2n) is 8.41. The van der Waals surface area contributed by atoms with Crippen LogP contribution in [0.25, 0.3) is 11.2 Å². The number of hydrogen-bond donors (Lipinski definition) is 1. The van der Waals surface area contributed by atoms with Crippen LogP contribution in [0.2, 0.25) is 0 Å². The van der Waals surface area contributed by atoms with Crippen LogP contribution in [-0.2, 0) is 22.3 Å². The highest BCUT2D eigenvalue weighted by atomic mass is 32.2. The highest BCUT2D eigenvalue weighted by Gasteiger charge is 2.30. The molecule has 0 unspecified atom stereocenters. The van der Waals surface area contributed by atoms with Gasteiger partial charge in [-0.25, -0.2) is 26.8 Å². The van der Waals surface area contributed by atoms with E-state index in [1.807, 2.05) is 18.2 Å². The fraction of sp³-hybridized carbons (Fsp3) is 0.304. The van der Waals surface area contributed by atoms with Crippen molar-refractivity contribution in [1.82, 2.24) is 29.3 Å². The first kappa shape index (κ1) is 22.4. The van der Waals surface area contributed by atoms with E-state index >= 15 is 0 Å². The molecule has 3 heterocycles. The molecule has 0 amide bonds. The Labute approximate surface area is 195 Å². The Balaban J connectivity index is 1.33. The van der Waals surface area contributed by atoms with Gasteiger partial charge in [-0.2, -0.15) is 0 Å². The van der Waals surface area contributed by atoms with E-state index in [1.165, 1.54) is 21.1 Å². The average molecular weight is 483 g/mol. The normalized spacial score (nSPS) is 15.7. The molecule has 9 nitrogen and oxygen atoms in total. The van der Waals surface area contributed by atoms with Crippen LogP contribution in [-0.4, -0.2) is 50.8 Å². The minimum Gasteiger partial charge on any atom is -0.308 e. The van der Waals surface area contributed by atoms with Gasteiger partial charge in [-0.3, -0.25) is 4.79 Å². The quantitative estimate of drug-likeness (QED) is 0.452. The summed E-state index contributed by atoms with van der Waals surface area (Å²) in [6, 6.07) is 15.1. The number of halogens is 1. The maximum atomic E-state index is 13.2. The molecule has 1 saturated heterocycles. The number of fused-ring (bicyclic) bond motifs is 1. The molecule has 2 aromatic heterocycles. The molecule has 11 heteroatoms. The van der Waals surface area contributed by atoms with Crippen molar-refractivity contribution in [2.75, 3.05) is 13.1 Å². The van der Waals surface area contributed by atoms with Crippen molar-refractivity contribution in [3.8, 4) is 0 Å². The van der Waals surface area contributed by atoms with E-state index in [2.05, 4.69) is 20.3 Å². The largest absolute Gasteiger partial charge is 0.308 e. The van der Waals surface area contributed by atoms with Crippen molar-refractivity contribution < 1.29 is 12.8 Å². The summed E-state index contributed by atoms with van der Waals surface area (Å²) in [5.74, 6) is 0.0456. The van der Waals surface area contributed by atoms with Crippen LogP contribution in [0.4, 0.5) is 4.39 Å². The molecule has 0 atom stereocenters. The third-order valence-electron chi connectivity index (χ3n) is 6.06. The van der Waals surface area contributed by atoms with Gasteiger partial charge in [0, 0.05) is 19.0 Å². The summed E-state index contributed by atoms with van der Waals surface area (Å²) in [5, 5.41) is 7.99. The zero-order valence-electron chi connectivity index (χ0n) is 18.3. The Hall–Kier alpha value is -3.44.